The minimum absolute atomic E-state index is 0.00959. The number of rotatable bonds is 25. The van der Waals surface area contributed by atoms with E-state index in [0.29, 0.717) is 11.1 Å². The highest BCUT2D eigenvalue weighted by Gasteiger charge is 2.51. The minimum Gasteiger partial charge on any atom is -0.508 e. The number of benzene rings is 2. The first-order chi connectivity index (χ1) is 33.5. The molecule has 396 valence electrons. The minimum atomic E-state index is -1.98. The van der Waals surface area contributed by atoms with Crippen molar-refractivity contribution in [2.45, 2.75) is 138 Å². The predicted molar refractivity (Wildman–Crippen MR) is 243 cm³/mol. The summed E-state index contributed by atoms with van der Waals surface area (Å²) in [5.74, 6) is -5.80. The van der Waals surface area contributed by atoms with Crippen LogP contribution in [0.2, 0.25) is 0 Å². The Morgan fingerprint density at radius 2 is 1.24 bits per heavy atom. The molecule has 0 unspecified atom stereocenters. The number of nitrogens with one attached hydrogen (secondary N) is 5. The van der Waals surface area contributed by atoms with Gasteiger partial charge in [-0.2, -0.15) is 0 Å². The van der Waals surface area contributed by atoms with Crippen LogP contribution in [0.4, 0.5) is 0 Å². The lowest BCUT2D eigenvalue weighted by molar-refractivity contribution is -0.359. The Morgan fingerprint density at radius 1 is 0.662 bits per heavy atom. The number of carbonyl (C=O) groups is 6. The Balaban J connectivity index is 1.39. The van der Waals surface area contributed by atoms with E-state index < -0.39 is 160 Å². The number of primary amides is 1. The third-order valence-corrected chi connectivity index (χ3v) is 11.5. The van der Waals surface area contributed by atoms with Gasteiger partial charge < -0.3 is 103 Å². The molecule has 2 fully saturated rings. The molecule has 16 atom stereocenters. The van der Waals surface area contributed by atoms with E-state index in [1.165, 1.54) is 19.1 Å². The van der Waals surface area contributed by atoms with Gasteiger partial charge in [-0.3, -0.25) is 28.8 Å². The summed E-state index contributed by atoms with van der Waals surface area (Å²) in [6.45, 7) is 1.50. The average Bonchev–Trinajstić information content (AvgIpc) is 3.33. The molecule has 2 saturated heterocycles. The third-order valence-electron chi connectivity index (χ3n) is 11.5. The van der Waals surface area contributed by atoms with Crippen molar-refractivity contribution in [1.82, 2.24) is 26.6 Å². The number of nitrogens with two attached hydrogens (primary N) is 2. The molecule has 18 N–H and O–H groups in total. The van der Waals surface area contributed by atoms with Gasteiger partial charge in [-0.1, -0.05) is 56.3 Å². The summed E-state index contributed by atoms with van der Waals surface area (Å²) in [7, 11) is 0. The van der Waals surface area contributed by atoms with E-state index in [4.69, 9.17) is 30.4 Å². The van der Waals surface area contributed by atoms with Crippen LogP contribution < -0.4 is 38.1 Å². The fourth-order valence-corrected chi connectivity index (χ4v) is 7.55. The number of carbonyl (C=O) groups excluding carboxylic acids is 6. The van der Waals surface area contributed by atoms with Gasteiger partial charge in [0.1, 0.15) is 78.7 Å². The molecule has 0 spiro atoms. The molecular weight excluding hydrogens is 943 g/mol. The molecule has 0 aromatic heterocycles. The zero-order valence-electron chi connectivity index (χ0n) is 39.2. The summed E-state index contributed by atoms with van der Waals surface area (Å²) in [5, 5.41) is 104. The molecule has 0 aliphatic carbocycles. The second kappa shape index (κ2) is 27.4. The van der Waals surface area contributed by atoms with Crippen molar-refractivity contribution < 1.29 is 93.7 Å². The number of hydrogen-bond acceptors (Lipinski definition) is 20. The standard InChI is InChI=1S/C45H67N7O19/c1-20(2)13-26(41(65)51-28(39(47)63)19-68-44-37(62)35(60)38(30(18-54)70-44)71-45-36(61)34(59)33(58)29(17-53)69-45)50-42(66)27(15-22-7-5-4-6-8-22)49-31(57)16-48-43(67)32(21(3)55)52-40(64)25(46)14-23-9-11-24(56)12-10-23/h4-12,20-21,25-30,32-38,44-45,53-56,58-62H,13-19,46H2,1-3H3,(H2,47,63)(H,48,67)(H,49,57)(H,50,66)(H,51,65)(H,52,64)/t21-,25-,26-,27-,28-,29+,30+,32+,33+,34-,35+,36+,37+,38+,44+,45+/m0/s1. The Hall–Kier alpha value is -5.46. The number of ether oxygens (including phenoxy) is 4. The van der Waals surface area contributed by atoms with Crippen molar-refractivity contribution in [1.29, 1.82) is 0 Å². The Morgan fingerprint density at radius 3 is 1.83 bits per heavy atom. The topological polar surface area (TPSA) is 434 Å². The van der Waals surface area contributed by atoms with E-state index in [0.717, 1.165) is 0 Å². The molecule has 4 rings (SSSR count). The van der Waals surface area contributed by atoms with Crippen molar-refractivity contribution in [3.05, 3.63) is 65.7 Å². The fraction of sp³-hybridized carbons (Fsp3) is 0.600. The molecule has 0 radical (unpaired) electrons. The number of hydrogen-bond donors (Lipinski definition) is 16. The van der Waals surface area contributed by atoms with Gasteiger partial charge in [0.15, 0.2) is 12.6 Å². The van der Waals surface area contributed by atoms with Gasteiger partial charge in [0.25, 0.3) is 0 Å². The third kappa shape index (κ3) is 16.8. The maximum absolute atomic E-state index is 14.0. The summed E-state index contributed by atoms with van der Waals surface area (Å²) in [4.78, 5) is 79.8. The SMILES string of the molecule is CC(C)C[C@H](NC(=O)[C@H](Cc1ccccc1)NC(=O)CNC(=O)[C@H](NC(=O)[C@@H](N)Cc1ccc(O)cc1)[C@H](C)O)C(=O)N[C@@H](CO[C@@H]1O[C@H](CO)[C@@H](O[C@H]2O[C@H](CO)[C@@H](O)[C@H](O)[C@H]2O)[C@H](O)[C@H]1O)C(N)=O. The van der Waals surface area contributed by atoms with Crippen LogP contribution >= 0.6 is 0 Å². The zero-order chi connectivity index (χ0) is 52.7. The number of phenols is 1. The number of phenolic OH excluding ortho intramolecular Hbond substituents is 1. The van der Waals surface area contributed by atoms with E-state index in [-0.39, 0.29) is 30.9 Å². The lowest BCUT2D eigenvalue weighted by atomic mass is 9.97. The summed E-state index contributed by atoms with van der Waals surface area (Å²) in [5.41, 5.74) is 12.8. The molecule has 2 aliphatic heterocycles. The molecule has 6 amide bonds. The lowest BCUT2D eigenvalue weighted by Gasteiger charge is -2.46. The number of aliphatic hydroxyl groups excluding tert-OH is 8. The van der Waals surface area contributed by atoms with Gasteiger partial charge in [0.05, 0.1) is 38.5 Å². The van der Waals surface area contributed by atoms with E-state index in [1.807, 2.05) is 0 Å². The normalized spacial score (nSPS) is 26.9. The summed E-state index contributed by atoms with van der Waals surface area (Å²) in [6.07, 6.45) is -19.1. The maximum Gasteiger partial charge on any atom is 0.245 e. The van der Waals surface area contributed by atoms with Crippen LogP contribution in [-0.2, 0) is 60.6 Å². The van der Waals surface area contributed by atoms with E-state index >= 15 is 0 Å². The fourth-order valence-electron chi connectivity index (χ4n) is 7.55. The van der Waals surface area contributed by atoms with Crippen molar-refractivity contribution in [2.75, 3.05) is 26.4 Å². The van der Waals surface area contributed by atoms with Gasteiger partial charge >= 0.3 is 0 Å². The quantitative estimate of drug-likeness (QED) is 0.0439. The molecule has 26 nitrogen and oxygen atoms in total. The van der Waals surface area contributed by atoms with Crippen LogP contribution in [0.5, 0.6) is 5.75 Å². The van der Waals surface area contributed by atoms with E-state index in [2.05, 4.69) is 26.6 Å². The van der Waals surface area contributed by atoms with Crippen LogP contribution in [0, 0.1) is 5.92 Å². The molecular formula is C45H67N7O19. The van der Waals surface area contributed by atoms with Gasteiger partial charge in [0.2, 0.25) is 35.4 Å². The lowest BCUT2D eigenvalue weighted by Crippen LogP contribution is -2.65. The second-order valence-electron chi connectivity index (χ2n) is 17.7. The predicted octanol–water partition coefficient (Wildman–Crippen LogP) is -6.89. The molecule has 0 saturated carbocycles. The molecule has 71 heavy (non-hydrogen) atoms. The van der Waals surface area contributed by atoms with Crippen LogP contribution in [0.1, 0.15) is 38.3 Å². The molecule has 2 aromatic rings. The van der Waals surface area contributed by atoms with Crippen molar-refractivity contribution in [3.63, 3.8) is 0 Å². The highest BCUT2D eigenvalue weighted by Crippen LogP contribution is 2.29. The van der Waals surface area contributed by atoms with Crippen LogP contribution in [0.15, 0.2) is 54.6 Å². The van der Waals surface area contributed by atoms with Crippen molar-refractivity contribution in [2.24, 2.45) is 17.4 Å². The van der Waals surface area contributed by atoms with E-state index in [1.54, 1.807) is 56.3 Å². The van der Waals surface area contributed by atoms with Gasteiger partial charge in [-0.05, 0) is 48.9 Å². The molecule has 2 aromatic carbocycles. The molecule has 0 bridgehead atoms. The number of amides is 6. The Kier molecular flexibility index (Phi) is 22.4. The number of aromatic hydroxyl groups is 1. The first-order valence-electron chi connectivity index (χ1n) is 22.8. The summed E-state index contributed by atoms with van der Waals surface area (Å²) < 4.78 is 22.0. The van der Waals surface area contributed by atoms with Gasteiger partial charge in [0, 0.05) is 6.42 Å². The smallest absolute Gasteiger partial charge is 0.245 e. The molecule has 2 heterocycles. The molecule has 26 heteroatoms. The summed E-state index contributed by atoms with van der Waals surface area (Å²) in [6, 6.07) is 7.29. The van der Waals surface area contributed by atoms with E-state index in [9.17, 15) is 74.7 Å². The largest absolute Gasteiger partial charge is 0.508 e. The number of aliphatic hydroxyl groups is 8. The monoisotopic (exact) mass is 1010 g/mol. The molecule has 2 aliphatic rings. The highest BCUT2D eigenvalue weighted by atomic mass is 16.7. The van der Waals surface area contributed by atoms with Crippen molar-refractivity contribution >= 4 is 35.4 Å². The first-order valence-corrected chi connectivity index (χ1v) is 22.8. The zero-order valence-corrected chi connectivity index (χ0v) is 39.2. The average molecular weight is 1010 g/mol. The van der Waals surface area contributed by atoms with Gasteiger partial charge in [-0.25, -0.2) is 0 Å². The Labute approximate surface area is 408 Å². The van der Waals surface area contributed by atoms with Crippen LogP contribution in [0.3, 0.4) is 0 Å². The van der Waals surface area contributed by atoms with Crippen LogP contribution in [-0.4, -0.2) is 205 Å². The Bertz CT molecular complexity index is 2050. The van der Waals surface area contributed by atoms with Gasteiger partial charge in [-0.15, -0.1) is 0 Å². The highest BCUT2D eigenvalue weighted by molar-refractivity contribution is 5.95. The van der Waals surface area contributed by atoms with Crippen molar-refractivity contribution in [3.8, 4) is 5.75 Å². The second-order valence-corrected chi connectivity index (χ2v) is 17.7. The maximum atomic E-state index is 14.0. The summed E-state index contributed by atoms with van der Waals surface area (Å²) >= 11 is 0. The van der Waals surface area contributed by atoms with Crippen LogP contribution in [0.25, 0.3) is 0 Å². The first kappa shape index (κ1) is 58.1.